The Hall–Kier alpha value is -3.37. The van der Waals surface area contributed by atoms with Crippen LogP contribution in [0.3, 0.4) is 0 Å². The average Bonchev–Trinajstić information content (AvgIpc) is 3.29. The fourth-order valence-electron chi connectivity index (χ4n) is 3.58. The van der Waals surface area contributed by atoms with Gasteiger partial charge in [-0.15, -0.1) is 0 Å². The van der Waals surface area contributed by atoms with Crippen molar-refractivity contribution in [1.29, 1.82) is 0 Å². The second kappa shape index (κ2) is 10.1. The summed E-state index contributed by atoms with van der Waals surface area (Å²) in [4.78, 5) is 23.8. The summed E-state index contributed by atoms with van der Waals surface area (Å²) in [6.07, 6.45) is 4.59. The van der Waals surface area contributed by atoms with Gasteiger partial charge in [-0.1, -0.05) is 17.3 Å². The van der Waals surface area contributed by atoms with Crippen molar-refractivity contribution < 1.29 is 9.45 Å². The molecular formula is C21H25N7O3. The molecule has 1 fully saturated rings. The summed E-state index contributed by atoms with van der Waals surface area (Å²) >= 11 is 0. The molecule has 31 heavy (non-hydrogen) atoms. The smallest absolute Gasteiger partial charge is 0.270 e. The van der Waals surface area contributed by atoms with Gasteiger partial charge in [-0.2, -0.15) is 0 Å². The molecule has 0 atom stereocenters. The van der Waals surface area contributed by atoms with Gasteiger partial charge in [-0.05, 0) is 25.6 Å². The van der Waals surface area contributed by atoms with Gasteiger partial charge >= 0.3 is 0 Å². The van der Waals surface area contributed by atoms with Gasteiger partial charge in [0, 0.05) is 62.3 Å². The lowest BCUT2D eigenvalue weighted by Crippen LogP contribution is -2.47. The summed E-state index contributed by atoms with van der Waals surface area (Å²) in [6.45, 7) is 6.37. The molecular weight excluding hydrogens is 398 g/mol. The summed E-state index contributed by atoms with van der Waals surface area (Å²) in [5.74, 6) is 1.51. The van der Waals surface area contributed by atoms with Gasteiger partial charge in [0.1, 0.15) is 5.69 Å². The molecule has 0 saturated carbocycles. The standard InChI is InChI=1S/C21H25N7O3/c29-28(30)18-5-1-4-17(14-18)20-15-19(31-25-20)16-22-6-3-9-26-10-12-27(13-11-26)21-23-7-2-8-24-21/h1-2,4-5,7-8,14-15,22H,3,6,9-13,16H2. The topological polar surface area (TPSA) is 113 Å². The van der Waals surface area contributed by atoms with E-state index >= 15 is 0 Å². The van der Waals surface area contributed by atoms with Crippen LogP contribution in [-0.4, -0.2) is 64.2 Å². The summed E-state index contributed by atoms with van der Waals surface area (Å²) in [5, 5.41) is 18.3. The zero-order chi connectivity index (χ0) is 21.5. The third-order valence-electron chi connectivity index (χ3n) is 5.25. The molecule has 1 N–H and O–H groups in total. The number of anilines is 1. The number of nitrogens with zero attached hydrogens (tertiary/aromatic N) is 6. The van der Waals surface area contributed by atoms with Gasteiger partial charge in [0.05, 0.1) is 11.5 Å². The number of hydrogen-bond donors (Lipinski definition) is 1. The van der Waals surface area contributed by atoms with Gasteiger partial charge in [-0.25, -0.2) is 9.97 Å². The Kier molecular flexibility index (Phi) is 6.80. The number of piperazine rings is 1. The Morgan fingerprint density at radius 1 is 1.10 bits per heavy atom. The number of rotatable bonds is 9. The maximum atomic E-state index is 10.9. The summed E-state index contributed by atoms with van der Waals surface area (Å²) in [6, 6.07) is 10.0. The minimum Gasteiger partial charge on any atom is -0.359 e. The van der Waals surface area contributed by atoms with Crippen LogP contribution in [0.4, 0.5) is 11.6 Å². The highest BCUT2D eigenvalue weighted by molar-refractivity contribution is 5.62. The molecule has 10 nitrogen and oxygen atoms in total. The van der Waals surface area contributed by atoms with Gasteiger partial charge < -0.3 is 14.7 Å². The minimum absolute atomic E-state index is 0.0392. The molecule has 4 rings (SSSR count). The highest BCUT2D eigenvalue weighted by Gasteiger charge is 2.18. The van der Waals surface area contributed by atoms with Gasteiger partial charge in [-0.3, -0.25) is 15.0 Å². The predicted molar refractivity (Wildman–Crippen MR) is 116 cm³/mol. The lowest BCUT2D eigenvalue weighted by Gasteiger charge is -2.34. The maximum absolute atomic E-state index is 10.9. The van der Waals surface area contributed by atoms with E-state index in [4.69, 9.17) is 4.52 Å². The highest BCUT2D eigenvalue weighted by Crippen LogP contribution is 2.23. The monoisotopic (exact) mass is 423 g/mol. The zero-order valence-electron chi connectivity index (χ0n) is 17.2. The second-order valence-corrected chi connectivity index (χ2v) is 7.39. The van der Waals surface area contributed by atoms with Crippen LogP contribution in [0.15, 0.2) is 53.3 Å². The lowest BCUT2D eigenvalue weighted by atomic mass is 10.1. The number of nitro benzene ring substituents is 1. The molecule has 0 aliphatic carbocycles. The van der Waals surface area contributed by atoms with Crippen molar-refractivity contribution in [3.8, 4) is 11.3 Å². The third-order valence-corrected chi connectivity index (χ3v) is 5.25. The molecule has 0 amide bonds. The molecule has 1 saturated heterocycles. The molecule has 0 radical (unpaired) electrons. The van der Waals surface area contributed by atoms with Crippen LogP contribution in [0, 0.1) is 10.1 Å². The predicted octanol–water partition coefficient (Wildman–Crippen LogP) is 2.34. The lowest BCUT2D eigenvalue weighted by molar-refractivity contribution is -0.384. The quantitative estimate of drug-likeness (QED) is 0.315. The van der Waals surface area contributed by atoms with Crippen LogP contribution in [0.5, 0.6) is 0 Å². The van der Waals surface area contributed by atoms with Crippen LogP contribution >= 0.6 is 0 Å². The van der Waals surface area contributed by atoms with E-state index in [2.05, 4.69) is 30.2 Å². The van der Waals surface area contributed by atoms with E-state index in [1.807, 2.05) is 12.1 Å². The van der Waals surface area contributed by atoms with Crippen molar-refractivity contribution in [3.05, 3.63) is 64.7 Å². The van der Waals surface area contributed by atoms with Crippen molar-refractivity contribution >= 4 is 11.6 Å². The largest absolute Gasteiger partial charge is 0.359 e. The number of nitro groups is 1. The Balaban J connectivity index is 1.15. The molecule has 3 aromatic rings. The van der Waals surface area contributed by atoms with E-state index in [-0.39, 0.29) is 5.69 Å². The summed E-state index contributed by atoms with van der Waals surface area (Å²) in [7, 11) is 0. The van der Waals surface area contributed by atoms with E-state index in [1.165, 1.54) is 12.1 Å². The Morgan fingerprint density at radius 3 is 2.68 bits per heavy atom. The Labute approximate surface area is 180 Å². The first-order chi connectivity index (χ1) is 15.2. The Bertz CT molecular complexity index is 987. The van der Waals surface area contributed by atoms with Crippen LogP contribution in [0.25, 0.3) is 11.3 Å². The first kappa shape index (κ1) is 20.9. The van der Waals surface area contributed by atoms with Crippen molar-refractivity contribution in [2.24, 2.45) is 0 Å². The fourth-order valence-corrected chi connectivity index (χ4v) is 3.58. The maximum Gasteiger partial charge on any atom is 0.270 e. The fraction of sp³-hybridized carbons (Fsp3) is 0.381. The second-order valence-electron chi connectivity index (χ2n) is 7.39. The van der Waals surface area contributed by atoms with Crippen LogP contribution < -0.4 is 10.2 Å². The molecule has 1 aromatic carbocycles. The summed E-state index contributed by atoms with van der Waals surface area (Å²) < 4.78 is 5.36. The van der Waals surface area contributed by atoms with E-state index in [0.29, 0.717) is 23.6 Å². The first-order valence-corrected chi connectivity index (χ1v) is 10.3. The molecule has 10 heteroatoms. The minimum atomic E-state index is -0.415. The Morgan fingerprint density at radius 2 is 1.90 bits per heavy atom. The summed E-state index contributed by atoms with van der Waals surface area (Å²) in [5.41, 5.74) is 1.31. The normalized spacial score (nSPS) is 14.6. The van der Waals surface area contributed by atoms with E-state index in [1.54, 1.807) is 24.5 Å². The first-order valence-electron chi connectivity index (χ1n) is 10.3. The van der Waals surface area contributed by atoms with Crippen LogP contribution in [0.2, 0.25) is 0 Å². The van der Waals surface area contributed by atoms with Crippen molar-refractivity contribution in [2.45, 2.75) is 13.0 Å². The number of hydrogen-bond acceptors (Lipinski definition) is 9. The van der Waals surface area contributed by atoms with Crippen molar-refractivity contribution in [2.75, 3.05) is 44.2 Å². The van der Waals surface area contributed by atoms with E-state index < -0.39 is 4.92 Å². The van der Waals surface area contributed by atoms with Gasteiger partial charge in [0.15, 0.2) is 5.76 Å². The highest BCUT2D eigenvalue weighted by atomic mass is 16.6. The molecule has 0 bridgehead atoms. The molecule has 1 aliphatic rings. The molecule has 0 unspecified atom stereocenters. The van der Waals surface area contributed by atoms with E-state index in [9.17, 15) is 10.1 Å². The van der Waals surface area contributed by atoms with Crippen molar-refractivity contribution in [3.63, 3.8) is 0 Å². The van der Waals surface area contributed by atoms with Gasteiger partial charge in [0.2, 0.25) is 5.95 Å². The third kappa shape index (κ3) is 5.62. The number of non-ortho nitro benzene ring substituents is 1. The number of aromatic nitrogens is 3. The molecule has 0 spiro atoms. The van der Waals surface area contributed by atoms with Gasteiger partial charge in [0.25, 0.3) is 5.69 Å². The number of nitrogens with one attached hydrogen (secondary N) is 1. The van der Waals surface area contributed by atoms with E-state index in [0.717, 1.165) is 51.6 Å². The van der Waals surface area contributed by atoms with Crippen molar-refractivity contribution in [1.82, 2.24) is 25.3 Å². The molecule has 3 heterocycles. The average molecular weight is 423 g/mol. The molecule has 2 aromatic heterocycles. The molecule has 1 aliphatic heterocycles. The van der Waals surface area contributed by atoms with Crippen LogP contribution in [-0.2, 0) is 6.54 Å². The zero-order valence-corrected chi connectivity index (χ0v) is 17.2. The molecule has 162 valence electrons. The number of benzene rings is 1. The van der Waals surface area contributed by atoms with Crippen LogP contribution in [0.1, 0.15) is 12.2 Å². The SMILES string of the molecule is O=[N+]([O-])c1cccc(-c2cc(CNCCCN3CCN(c4ncccn4)CC3)on2)c1.